The molecule has 3 aliphatic heterocycles. The van der Waals surface area contributed by atoms with Crippen LogP contribution in [-0.4, -0.2) is 50.9 Å². The van der Waals surface area contributed by atoms with E-state index in [1.807, 2.05) is 10.7 Å². The minimum Gasteiger partial charge on any atom is -0.309 e. The minimum atomic E-state index is -0.962. The summed E-state index contributed by atoms with van der Waals surface area (Å²) in [4.78, 5) is 50.7. The standard InChI is InChI=1S/C21H22N6O4/c28-17-5-4-16(19(29)24-17)27-20(30)15-3-1-2-12(18(15)21(27)31)9-23-10-13-8-14-11-22-6-7-26(14)25-13/h1-3,8,16,22-23H,4-7,9-11H2,(H,24,28,29). The van der Waals surface area contributed by atoms with Crippen LogP contribution < -0.4 is 16.0 Å². The van der Waals surface area contributed by atoms with Crippen molar-refractivity contribution in [1.82, 2.24) is 30.6 Å². The molecule has 1 fully saturated rings. The number of hydrogen-bond donors (Lipinski definition) is 3. The number of rotatable bonds is 5. The lowest BCUT2D eigenvalue weighted by Gasteiger charge is -2.27. The van der Waals surface area contributed by atoms with Gasteiger partial charge in [-0.2, -0.15) is 5.10 Å². The molecule has 4 heterocycles. The molecular weight excluding hydrogens is 400 g/mol. The van der Waals surface area contributed by atoms with Crippen molar-refractivity contribution in [3.05, 3.63) is 52.3 Å². The smallest absolute Gasteiger partial charge is 0.262 e. The van der Waals surface area contributed by atoms with E-state index in [-0.39, 0.29) is 24.3 Å². The van der Waals surface area contributed by atoms with E-state index in [4.69, 9.17) is 0 Å². The normalized spacial score (nSPS) is 20.6. The van der Waals surface area contributed by atoms with Gasteiger partial charge in [0.25, 0.3) is 11.8 Å². The number of carbonyl (C=O) groups is 4. The Bertz CT molecular complexity index is 1080. The summed E-state index contributed by atoms with van der Waals surface area (Å²) in [5.74, 6) is -1.98. The minimum absolute atomic E-state index is 0.0996. The van der Waals surface area contributed by atoms with Crippen molar-refractivity contribution in [3.8, 4) is 0 Å². The van der Waals surface area contributed by atoms with Gasteiger partial charge < -0.3 is 10.6 Å². The fourth-order valence-corrected chi connectivity index (χ4v) is 4.40. The van der Waals surface area contributed by atoms with Gasteiger partial charge in [-0.25, -0.2) is 0 Å². The van der Waals surface area contributed by atoms with Gasteiger partial charge in [-0.15, -0.1) is 0 Å². The molecule has 0 radical (unpaired) electrons. The zero-order chi connectivity index (χ0) is 21.5. The fraction of sp³-hybridized carbons (Fsp3) is 0.381. The molecule has 0 bridgehead atoms. The second-order valence-corrected chi connectivity index (χ2v) is 7.92. The van der Waals surface area contributed by atoms with E-state index >= 15 is 0 Å². The molecule has 10 nitrogen and oxygen atoms in total. The summed E-state index contributed by atoms with van der Waals surface area (Å²) in [5, 5.41) is 13.4. The van der Waals surface area contributed by atoms with E-state index in [2.05, 4.69) is 21.0 Å². The Labute approximate surface area is 178 Å². The zero-order valence-electron chi connectivity index (χ0n) is 16.8. The highest BCUT2D eigenvalue weighted by atomic mass is 16.2. The Kier molecular flexibility index (Phi) is 4.87. The van der Waals surface area contributed by atoms with Gasteiger partial charge in [-0.3, -0.25) is 34.1 Å². The van der Waals surface area contributed by atoms with Crippen LogP contribution >= 0.6 is 0 Å². The number of nitrogens with zero attached hydrogens (tertiary/aromatic N) is 3. The fourth-order valence-electron chi connectivity index (χ4n) is 4.40. The summed E-state index contributed by atoms with van der Waals surface area (Å²) < 4.78 is 1.99. The number of nitrogens with one attached hydrogen (secondary N) is 3. The Morgan fingerprint density at radius 1 is 1.13 bits per heavy atom. The molecule has 0 saturated carbocycles. The van der Waals surface area contributed by atoms with Crippen molar-refractivity contribution >= 4 is 23.6 Å². The van der Waals surface area contributed by atoms with Crippen LogP contribution in [0.15, 0.2) is 24.3 Å². The second-order valence-electron chi connectivity index (χ2n) is 7.92. The van der Waals surface area contributed by atoms with Gasteiger partial charge in [0, 0.05) is 32.6 Å². The van der Waals surface area contributed by atoms with Crippen LogP contribution in [0.3, 0.4) is 0 Å². The van der Waals surface area contributed by atoms with Crippen LogP contribution in [0.4, 0.5) is 0 Å². The average molecular weight is 422 g/mol. The zero-order valence-corrected chi connectivity index (χ0v) is 16.8. The van der Waals surface area contributed by atoms with E-state index in [9.17, 15) is 19.2 Å². The Morgan fingerprint density at radius 3 is 2.81 bits per heavy atom. The third kappa shape index (κ3) is 3.43. The molecule has 31 heavy (non-hydrogen) atoms. The van der Waals surface area contributed by atoms with E-state index in [1.54, 1.807) is 18.2 Å². The highest BCUT2D eigenvalue weighted by Crippen LogP contribution is 2.30. The highest BCUT2D eigenvalue weighted by molar-refractivity contribution is 6.24. The predicted octanol–water partition coefficient (Wildman–Crippen LogP) is -0.323. The van der Waals surface area contributed by atoms with Gasteiger partial charge in [0.1, 0.15) is 6.04 Å². The van der Waals surface area contributed by atoms with Crippen molar-refractivity contribution in [1.29, 1.82) is 0 Å². The molecule has 1 atom stereocenters. The Balaban J connectivity index is 1.31. The molecule has 0 spiro atoms. The number of aromatic nitrogens is 2. The second kappa shape index (κ2) is 7.71. The SMILES string of the molecule is O=C1CCC(N2C(=O)c3cccc(CNCc4cc5n(n4)CCNC5)c3C2=O)C(=O)N1. The maximum Gasteiger partial charge on any atom is 0.262 e. The van der Waals surface area contributed by atoms with Crippen LogP contribution in [0.1, 0.15) is 50.5 Å². The molecule has 1 aromatic carbocycles. The lowest BCUT2D eigenvalue weighted by molar-refractivity contribution is -0.136. The van der Waals surface area contributed by atoms with E-state index in [1.165, 1.54) is 0 Å². The van der Waals surface area contributed by atoms with E-state index in [0.29, 0.717) is 24.2 Å². The predicted molar refractivity (Wildman–Crippen MR) is 108 cm³/mol. The number of hydrogen-bond acceptors (Lipinski definition) is 7. The van der Waals surface area contributed by atoms with Gasteiger partial charge >= 0.3 is 0 Å². The molecule has 1 unspecified atom stereocenters. The lowest BCUT2D eigenvalue weighted by Crippen LogP contribution is -2.54. The summed E-state index contributed by atoms with van der Waals surface area (Å²) in [6.07, 6.45) is 0.242. The summed E-state index contributed by atoms with van der Waals surface area (Å²) in [7, 11) is 0. The molecule has 3 N–H and O–H groups in total. The number of amides is 4. The number of benzene rings is 1. The van der Waals surface area contributed by atoms with Gasteiger partial charge in [0.15, 0.2) is 0 Å². The molecule has 0 aliphatic carbocycles. The number of piperidine rings is 1. The maximum atomic E-state index is 13.1. The Hall–Kier alpha value is -3.37. The van der Waals surface area contributed by atoms with Gasteiger partial charge in [0.05, 0.1) is 29.1 Å². The molecule has 1 saturated heterocycles. The topological polar surface area (TPSA) is 125 Å². The molecule has 10 heteroatoms. The molecule has 2 aromatic rings. The monoisotopic (exact) mass is 422 g/mol. The van der Waals surface area contributed by atoms with E-state index < -0.39 is 23.8 Å². The summed E-state index contributed by atoms with van der Waals surface area (Å²) in [5.41, 5.74) is 3.36. The summed E-state index contributed by atoms with van der Waals surface area (Å²) in [6, 6.07) is 6.22. The van der Waals surface area contributed by atoms with Crippen LogP contribution in [0.25, 0.3) is 0 Å². The van der Waals surface area contributed by atoms with Gasteiger partial charge in [-0.1, -0.05) is 12.1 Å². The van der Waals surface area contributed by atoms with Crippen molar-refractivity contribution in [2.24, 2.45) is 0 Å². The molecule has 3 aliphatic rings. The first-order valence-corrected chi connectivity index (χ1v) is 10.3. The quantitative estimate of drug-likeness (QED) is 0.564. The van der Waals surface area contributed by atoms with Crippen LogP contribution in [0, 0.1) is 0 Å². The number of carbonyl (C=O) groups excluding carboxylic acids is 4. The van der Waals surface area contributed by atoms with Crippen molar-refractivity contribution in [2.75, 3.05) is 6.54 Å². The number of imide groups is 2. The van der Waals surface area contributed by atoms with Gasteiger partial charge in [0.2, 0.25) is 11.8 Å². The van der Waals surface area contributed by atoms with Crippen LogP contribution in [-0.2, 0) is 35.8 Å². The summed E-state index contributed by atoms with van der Waals surface area (Å²) >= 11 is 0. The molecule has 1 aromatic heterocycles. The van der Waals surface area contributed by atoms with Crippen molar-refractivity contribution in [2.45, 2.75) is 45.1 Å². The van der Waals surface area contributed by atoms with E-state index in [0.717, 1.165) is 35.9 Å². The molecule has 160 valence electrons. The first-order chi connectivity index (χ1) is 15.0. The van der Waals surface area contributed by atoms with Crippen LogP contribution in [0.2, 0.25) is 0 Å². The van der Waals surface area contributed by atoms with Crippen molar-refractivity contribution in [3.63, 3.8) is 0 Å². The molecule has 5 rings (SSSR count). The average Bonchev–Trinajstić information content (AvgIpc) is 3.28. The maximum absolute atomic E-state index is 13.1. The summed E-state index contributed by atoms with van der Waals surface area (Å²) in [6.45, 7) is 3.45. The van der Waals surface area contributed by atoms with Crippen molar-refractivity contribution < 1.29 is 19.2 Å². The highest BCUT2D eigenvalue weighted by Gasteiger charge is 2.45. The molecular formula is C21H22N6O4. The first kappa shape index (κ1) is 19.6. The first-order valence-electron chi connectivity index (χ1n) is 10.3. The number of fused-ring (bicyclic) bond motifs is 2. The largest absolute Gasteiger partial charge is 0.309 e. The Morgan fingerprint density at radius 2 is 2.00 bits per heavy atom. The third-order valence-electron chi connectivity index (χ3n) is 5.90. The molecule has 4 amide bonds. The third-order valence-corrected chi connectivity index (χ3v) is 5.90. The van der Waals surface area contributed by atoms with Crippen LogP contribution in [0.5, 0.6) is 0 Å². The lowest BCUT2D eigenvalue weighted by atomic mass is 10.0. The van der Waals surface area contributed by atoms with Gasteiger partial charge in [-0.05, 0) is 24.1 Å².